The highest BCUT2D eigenvalue weighted by molar-refractivity contribution is 7.10. The third kappa shape index (κ3) is 3.88. The lowest BCUT2D eigenvalue weighted by Crippen LogP contribution is -2.19. The average Bonchev–Trinajstić information content (AvgIpc) is 2.66. The first kappa shape index (κ1) is 14.2. The first-order valence-corrected chi connectivity index (χ1v) is 6.13. The van der Waals surface area contributed by atoms with Gasteiger partial charge in [-0.05, 0) is 25.4 Å². The number of hydrogen-bond donors (Lipinski definition) is 2. The molecule has 0 aliphatic rings. The summed E-state index contributed by atoms with van der Waals surface area (Å²) in [5, 5.41) is 3.55. The number of nitrogens with one attached hydrogen (secondary N) is 1. The summed E-state index contributed by atoms with van der Waals surface area (Å²) in [6.07, 6.45) is -0.831. The van der Waals surface area contributed by atoms with Crippen molar-refractivity contribution in [3.63, 3.8) is 0 Å². The van der Waals surface area contributed by atoms with Gasteiger partial charge in [-0.2, -0.15) is 4.37 Å². The number of amides is 1. The molecule has 0 aromatic carbocycles. The van der Waals surface area contributed by atoms with Gasteiger partial charge in [0.15, 0.2) is 0 Å². The van der Waals surface area contributed by atoms with E-state index in [1.807, 2.05) is 0 Å². The van der Waals surface area contributed by atoms with E-state index >= 15 is 0 Å². The van der Waals surface area contributed by atoms with Crippen molar-refractivity contribution in [2.45, 2.75) is 13.8 Å². The zero-order valence-corrected chi connectivity index (χ0v) is 11.0. The minimum atomic E-state index is -0.831. The van der Waals surface area contributed by atoms with Crippen LogP contribution in [0.4, 0.5) is 9.80 Å². The van der Waals surface area contributed by atoms with Gasteiger partial charge in [0.2, 0.25) is 0 Å². The number of aromatic nitrogens is 1. The Morgan fingerprint density at radius 1 is 1.44 bits per heavy atom. The first-order chi connectivity index (χ1) is 8.56. The van der Waals surface area contributed by atoms with Crippen molar-refractivity contribution in [1.29, 1.82) is 0 Å². The summed E-state index contributed by atoms with van der Waals surface area (Å²) in [7, 11) is 0. The molecule has 0 spiro atoms. The van der Waals surface area contributed by atoms with Crippen molar-refractivity contribution in [3.05, 3.63) is 11.3 Å². The molecule has 0 unspecified atom stereocenters. The van der Waals surface area contributed by atoms with Gasteiger partial charge in [0.05, 0.1) is 12.3 Å². The van der Waals surface area contributed by atoms with Crippen LogP contribution in [-0.2, 0) is 9.47 Å². The van der Waals surface area contributed by atoms with E-state index < -0.39 is 12.1 Å². The molecule has 0 fully saturated rings. The molecule has 0 radical (unpaired) electrons. The number of nitrogens with two attached hydrogens (primary N) is 1. The molecule has 1 heterocycles. The second kappa shape index (κ2) is 6.80. The predicted octanol–water partition coefficient (Wildman–Crippen LogP) is 1.14. The van der Waals surface area contributed by atoms with Gasteiger partial charge in [-0.3, -0.25) is 0 Å². The van der Waals surface area contributed by atoms with E-state index in [9.17, 15) is 9.59 Å². The van der Waals surface area contributed by atoms with Crippen LogP contribution >= 0.6 is 11.5 Å². The van der Waals surface area contributed by atoms with E-state index in [-0.39, 0.29) is 6.61 Å². The number of aryl methyl sites for hydroxylation is 1. The molecule has 0 aliphatic carbocycles. The third-order valence-corrected chi connectivity index (χ3v) is 2.87. The third-order valence-electron chi connectivity index (χ3n) is 1.97. The molecule has 1 amide bonds. The summed E-state index contributed by atoms with van der Waals surface area (Å²) >= 11 is 1.16. The predicted molar refractivity (Wildman–Crippen MR) is 66.8 cm³/mol. The molecule has 0 atom stereocenters. The molecule has 7 nitrogen and oxygen atoms in total. The van der Waals surface area contributed by atoms with Crippen LogP contribution < -0.4 is 11.1 Å². The lowest BCUT2D eigenvalue weighted by atomic mass is 10.2. The largest absolute Gasteiger partial charge is 0.462 e. The Kier molecular flexibility index (Phi) is 5.37. The fraction of sp³-hybridized carbons (Fsp3) is 0.500. The first-order valence-electron chi connectivity index (χ1n) is 5.35. The number of hydrogen-bond acceptors (Lipinski definition) is 7. The summed E-state index contributed by atoms with van der Waals surface area (Å²) < 4.78 is 13.6. The summed E-state index contributed by atoms with van der Waals surface area (Å²) in [5.74, 6) is -0.415. The number of nitrogens with zero attached hydrogens (tertiary/aromatic N) is 1. The summed E-state index contributed by atoms with van der Waals surface area (Å²) in [6, 6.07) is 0. The highest BCUT2D eigenvalue weighted by Gasteiger charge is 2.19. The Morgan fingerprint density at radius 3 is 2.78 bits per heavy atom. The number of anilines is 1. The van der Waals surface area contributed by atoms with E-state index in [0.29, 0.717) is 29.4 Å². The zero-order valence-electron chi connectivity index (χ0n) is 10.2. The minimum Gasteiger partial charge on any atom is -0.462 e. The van der Waals surface area contributed by atoms with Gasteiger partial charge in [0.25, 0.3) is 0 Å². The lowest BCUT2D eigenvalue weighted by molar-refractivity contribution is 0.0526. The highest BCUT2D eigenvalue weighted by Crippen LogP contribution is 2.24. The Morgan fingerprint density at radius 2 is 2.17 bits per heavy atom. The molecule has 1 rings (SSSR count). The van der Waals surface area contributed by atoms with Crippen LogP contribution in [0, 0.1) is 6.92 Å². The van der Waals surface area contributed by atoms with E-state index in [0.717, 1.165) is 11.5 Å². The Hall–Kier alpha value is -1.83. The second-order valence-electron chi connectivity index (χ2n) is 3.29. The smallest absolute Gasteiger partial charge is 0.404 e. The minimum absolute atomic E-state index is 0.120. The number of ether oxygens (including phenoxy) is 2. The quantitative estimate of drug-likeness (QED) is 0.595. The van der Waals surface area contributed by atoms with Gasteiger partial charge in [-0.25, -0.2) is 9.59 Å². The molecular formula is C10H15N3O4S. The van der Waals surface area contributed by atoms with Crippen LogP contribution in [0.2, 0.25) is 0 Å². The maximum Gasteiger partial charge on any atom is 0.404 e. The van der Waals surface area contributed by atoms with Crippen LogP contribution in [0.5, 0.6) is 0 Å². The summed E-state index contributed by atoms with van der Waals surface area (Å²) in [5.41, 5.74) is 5.85. The lowest BCUT2D eigenvalue weighted by Gasteiger charge is -2.06. The standard InChI is InChI=1S/C10H15N3O4S/c1-3-16-9(14)7-6(2)13-18-8(7)12-4-5-17-10(11)15/h12H,3-5H2,1-2H3,(H2,11,15). The van der Waals surface area contributed by atoms with Crippen molar-refractivity contribution >= 4 is 28.6 Å². The molecule has 1 aromatic rings. The van der Waals surface area contributed by atoms with E-state index in [1.54, 1.807) is 13.8 Å². The van der Waals surface area contributed by atoms with Crippen LogP contribution in [0.1, 0.15) is 23.0 Å². The van der Waals surface area contributed by atoms with Crippen LogP contribution in [-0.4, -0.2) is 36.2 Å². The van der Waals surface area contributed by atoms with Gasteiger partial charge in [0.1, 0.15) is 17.2 Å². The molecule has 0 saturated heterocycles. The van der Waals surface area contributed by atoms with Crippen molar-refractivity contribution in [2.24, 2.45) is 5.73 Å². The molecule has 18 heavy (non-hydrogen) atoms. The maximum absolute atomic E-state index is 11.7. The van der Waals surface area contributed by atoms with Crippen molar-refractivity contribution < 1.29 is 19.1 Å². The topological polar surface area (TPSA) is 104 Å². The molecule has 8 heteroatoms. The normalized spacial score (nSPS) is 9.89. The summed E-state index contributed by atoms with van der Waals surface area (Å²) in [4.78, 5) is 22.1. The van der Waals surface area contributed by atoms with Crippen LogP contribution in [0.15, 0.2) is 0 Å². The fourth-order valence-electron chi connectivity index (χ4n) is 1.25. The molecule has 100 valence electrons. The van der Waals surface area contributed by atoms with E-state index in [2.05, 4.69) is 14.4 Å². The van der Waals surface area contributed by atoms with Crippen molar-refractivity contribution in [1.82, 2.24) is 4.37 Å². The van der Waals surface area contributed by atoms with Gasteiger partial charge >= 0.3 is 12.1 Å². The Bertz CT molecular complexity index is 433. The Balaban J connectivity index is 2.60. The van der Waals surface area contributed by atoms with Gasteiger partial charge < -0.3 is 20.5 Å². The fourth-order valence-corrected chi connectivity index (χ4v) is 2.06. The molecule has 0 bridgehead atoms. The number of carbonyl (C=O) groups excluding carboxylic acids is 2. The number of carbonyl (C=O) groups is 2. The van der Waals surface area contributed by atoms with Gasteiger partial charge in [0, 0.05) is 6.54 Å². The second-order valence-corrected chi connectivity index (χ2v) is 4.06. The zero-order chi connectivity index (χ0) is 13.5. The molecule has 0 aliphatic heterocycles. The van der Waals surface area contributed by atoms with Crippen LogP contribution in [0.25, 0.3) is 0 Å². The molecular weight excluding hydrogens is 258 g/mol. The molecule has 0 saturated carbocycles. The number of rotatable bonds is 6. The Labute approximate surface area is 108 Å². The van der Waals surface area contributed by atoms with E-state index in [4.69, 9.17) is 10.5 Å². The highest BCUT2D eigenvalue weighted by atomic mass is 32.1. The molecule has 3 N–H and O–H groups in total. The maximum atomic E-state index is 11.7. The average molecular weight is 273 g/mol. The van der Waals surface area contributed by atoms with Gasteiger partial charge in [-0.1, -0.05) is 0 Å². The monoisotopic (exact) mass is 273 g/mol. The van der Waals surface area contributed by atoms with Crippen LogP contribution in [0.3, 0.4) is 0 Å². The number of primary amides is 1. The van der Waals surface area contributed by atoms with E-state index in [1.165, 1.54) is 0 Å². The molecule has 1 aromatic heterocycles. The van der Waals surface area contributed by atoms with Crippen molar-refractivity contribution in [2.75, 3.05) is 25.1 Å². The number of esters is 1. The summed E-state index contributed by atoms with van der Waals surface area (Å²) in [6.45, 7) is 4.23. The van der Waals surface area contributed by atoms with Crippen molar-refractivity contribution in [3.8, 4) is 0 Å². The SMILES string of the molecule is CCOC(=O)c1c(C)nsc1NCCOC(N)=O. The van der Waals surface area contributed by atoms with Gasteiger partial charge in [-0.15, -0.1) is 0 Å².